The number of aliphatic hydroxyl groups is 3. The van der Waals surface area contributed by atoms with Crippen LogP contribution in [-0.2, 0) is 25.7 Å². The van der Waals surface area contributed by atoms with E-state index in [1.165, 1.54) is 24.2 Å². The number of nitrogens with two attached hydrogens (primary N) is 1. The lowest BCUT2D eigenvalue weighted by Gasteiger charge is -2.19. The quantitative estimate of drug-likeness (QED) is 0.0568. The van der Waals surface area contributed by atoms with Crippen LogP contribution in [0.3, 0.4) is 0 Å². The van der Waals surface area contributed by atoms with Crippen molar-refractivity contribution in [3.8, 4) is 17.0 Å². The molecule has 41 heavy (non-hydrogen) atoms. The number of aromatic nitrogens is 2. The second-order valence-electron chi connectivity index (χ2n) is 8.92. The first-order valence-electron chi connectivity index (χ1n) is 12.3. The summed E-state index contributed by atoms with van der Waals surface area (Å²) >= 11 is 0. The topological polar surface area (TPSA) is 246 Å². The minimum atomic E-state index is -3.59. The molecule has 16 heteroatoms. The first-order valence-corrected chi connectivity index (χ1v) is 12.3. The molecule has 9 N–H and O–H groups in total. The molecule has 1 aromatic carbocycles. The molecular formula is C25H32N8O8. The van der Waals surface area contributed by atoms with Gasteiger partial charge in [-0.25, -0.2) is 0 Å². The van der Waals surface area contributed by atoms with Gasteiger partial charge in [0.05, 0.1) is 30.8 Å². The van der Waals surface area contributed by atoms with E-state index in [9.17, 15) is 14.4 Å². The Balaban J connectivity index is 1.91. The van der Waals surface area contributed by atoms with Crippen LogP contribution < -0.4 is 26.4 Å². The predicted molar refractivity (Wildman–Crippen MR) is 145 cm³/mol. The molecule has 3 rings (SSSR count). The number of carbonyl (C=O) groups is 3. The maximum Gasteiger partial charge on any atom is 0.369 e. The number of amides is 3. The molecule has 1 heterocycles. The van der Waals surface area contributed by atoms with E-state index >= 15 is 0 Å². The largest absolute Gasteiger partial charge is 0.494 e. The summed E-state index contributed by atoms with van der Waals surface area (Å²) in [5, 5.41) is 47.0. The molecule has 1 fully saturated rings. The van der Waals surface area contributed by atoms with Crippen LogP contribution in [0.2, 0.25) is 0 Å². The monoisotopic (exact) mass is 572 g/mol. The van der Waals surface area contributed by atoms with Crippen LogP contribution in [0.5, 0.6) is 5.75 Å². The van der Waals surface area contributed by atoms with E-state index in [0.717, 1.165) is 6.08 Å². The van der Waals surface area contributed by atoms with Gasteiger partial charge in [0.2, 0.25) is 5.91 Å². The maximum atomic E-state index is 12.4. The highest BCUT2D eigenvalue weighted by atomic mass is 16.7. The Kier molecular flexibility index (Phi) is 10.3. The highest BCUT2D eigenvalue weighted by molar-refractivity contribution is 6.45. The number of hydrogen-bond acceptors (Lipinski definition) is 11. The van der Waals surface area contributed by atoms with E-state index in [4.69, 9.17) is 35.9 Å². The third-order valence-electron chi connectivity index (χ3n) is 5.57. The highest BCUT2D eigenvalue weighted by Gasteiger charge is 2.30. The molecule has 0 atom stereocenters. The zero-order valence-electron chi connectivity index (χ0n) is 22.4. The van der Waals surface area contributed by atoms with Gasteiger partial charge in [-0.15, -0.1) is 0 Å². The standard InChI is InChI=1S/C25H32N8O8/c1-40-11-9-28-20(34)13-33-10-8-16(32-33)15-4-3-5-17(22(15)41-2)29-18(21(27)24(36)31-25(37,38)39)12-19(26)30-23(35)14-6-7-14/h3-5,8,10,12,14,27,29,37-39H,6-7,9,11,13H2,1-2H3,(H,28,34)(H,31,36)(H2,26,30,35)/b18-12+,27-21?. The Bertz CT molecular complexity index is 1360. The molecular weight excluding hydrogens is 540 g/mol. The number of ether oxygens (including phenoxy) is 2. The number of hydrogen-bond donors (Lipinski definition) is 8. The molecule has 0 aliphatic heterocycles. The summed E-state index contributed by atoms with van der Waals surface area (Å²) in [6.45, 7) is 0.689. The summed E-state index contributed by atoms with van der Waals surface area (Å²) in [7, 11) is 2.91. The Morgan fingerprint density at radius 3 is 2.61 bits per heavy atom. The van der Waals surface area contributed by atoms with Gasteiger partial charge >= 0.3 is 6.10 Å². The molecule has 2 aromatic rings. The lowest BCUT2D eigenvalue weighted by atomic mass is 10.1. The van der Waals surface area contributed by atoms with Gasteiger partial charge in [-0.2, -0.15) is 10.1 Å². The first kappa shape index (κ1) is 30.9. The molecule has 3 amide bonds. The van der Waals surface area contributed by atoms with E-state index in [-0.39, 0.29) is 41.3 Å². The fourth-order valence-corrected chi connectivity index (χ4v) is 3.53. The summed E-state index contributed by atoms with van der Waals surface area (Å²) in [5.41, 5.74) is 5.83. The predicted octanol–water partition coefficient (Wildman–Crippen LogP) is -1.36. The minimum absolute atomic E-state index is 0.0383. The Morgan fingerprint density at radius 1 is 1.24 bits per heavy atom. The lowest BCUT2D eigenvalue weighted by molar-refractivity contribution is -0.325. The van der Waals surface area contributed by atoms with E-state index in [1.54, 1.807) is 30.5 Å². The fraction of sp³-hybridized carbons (Fsp3) is 0.360. The van der Waals surface area contributed by atoms with Crippen LogP contribution in [-0.4, -0.2) is 87.8 Å². The number of rotatable bonds is 14. The minimum Gasteiger partial charge on any atom is -0.494 e. The number of benzene rings is 1. The van der Waals surface area contributed by atoms with Gasteiger partial charge < -0.3 is 41.2 Å². The van der Waals surface area contributed by atoms with Crippen molar-refractivity contribution in [2.75, 3.05) is 32.7 Å². The molecule has 1 aliphatic rings. The average Bonchev–Trinajstić information content (AvgIpc) is 3.66. The zero-order valence-corrected chi connectivity index (χ0v) is 22.4. The Hall–Kier alpha value is -4.64. The zero-order chi connectivity index (χ0) is 30.2. The van der Waals surface area contributed by atoms with Crippen molar-refractivity contribution in [1.29, 1.82) is 5.41 Å². The van der Waals surface area contributed by atoms with Gasteiger partial charge in [0, 0.05) is 37.4 Å². The normalized spacial score (nSPS) is 13.9. The Labute approximate surface area is 234 Å². The van der Waals surface area contributed by atoms with Crippen LogP contribution in [0, 0.1) is 11.3 Å². The van der Waals surface area contributed by atoms with Crippen LogP contribution in [0.4, 0.5) is 5.69 Å². The molecule has 16 nitrogen and oxygen atoms in total. The van der Waals surface area contributed by atoms with Crippen molar-refractivity contribution in [1.82, 2.24) is 20.4 Å². The van der Waals surface area contributed by atoms with Crippen molar-refractivity contribution in [3.05, 3.63) is 42.2 Å². The summed E-state index contributed by atoms with van der Waals surface area (Å²) in [5.74, 6) is -2.42. The molecule has 1 aliphatic carbocycles. The number of nitrogens with one attached hydrogen (secondary N) is 4. The third kappa shape index (κ3) is 9.21. The van der Waals surface area contributed by atoms with Crippen LogP contribution in [0.1, 0.15) is 12.8 Å². The molecule has 0 spiro atoms. The number of carbonyl (C=O) groups excluding carboxylic acids is 3. The fourth-order valence-electron chi connectivity index (χ4n) is 3.53. The first-order chi connectivity index (χ1) is 19.4. The summed E-state index contributed by atoms with van der Waals surface area (Å²) in [6.07, 6.45) is 0.431. The number of anilines is 1. The van der Waals surface area contributed by atoms with Gasteiger partial charge in [0.25, 0.3) is 11.8 Å². The van der Waals surface area contributed by atoms with Gasteiger partial charge in [0.15, 0.2) is 5.75 Å². The van der Waals surface area contributed by atoms with Gasteiger partial charge in [0.1, 0.15) is 18.1 Å². The molecule has 1 aromatic heterocycles. The molecule has 0 bridgehead atoms. The second-order valence-corrected chi connectivity index (χ2v) is 8.92. The van der Waals surface area contributed by atoms with Crippen molar-refractivity contribution >= 4 is 35.0 Å². The molecule has 1 saturated carbocycles. The molecule has 0 unspecified atom stereocenters. The van der Waals surface area contributed by atoms with Crippen LogP contribution >= 0.6 is 0 Å². The van der Waals surface area contributed by atoms with E-state index in [1.807, 2.05) is 0 Å². The van der Waals surface area contributed by atoms with E-state index in [0.29, 0.717) is 37.3 Å². The molecule has 0 radical (unpaired) electrons. The van der Waals surface area contributed by atoms with Crippen molar-refractivity contribution < 1.29 is 39.2 Å². The number of para-hydroxylation sites is 1. The van der Waals surface area contributed by atoms with Gasteiger partial charge in [-0.3, -0.25) is 29.8 Å². The average molecular weight is 573 g/mol. The molecule has 0 saturated heterocycles. The van der Waals surface area contributed by atoms with Crippen molar-refractivity contribution in [2.24, 2.45) is 16.6 Å². The second kappa shape index (κ2) is 13.6. The molecule has 220 valence electrons. The summed E-state index contributed by atoms with van der Waals surface area (Å²) in [4.78, 5) is 40.4. The highest BCUT2D eigenvalue weighted by Crippen LogP contribution is 2.36. The summed E-state index contributed by atoms with van der Waals surface area (Å²) in [6, 6.07) is 6.54. The summed E-state index contributed by atoms with van der Waals surface area (Å²) < 4.78 is 11.9. The van der Waals surface area contributed by atoms with Crippen molar-refractivity contribution in [3.63, 3.8) is 0 Å². The Morgan fingerprint density at radius 2 is 1.98 bits per heavy atom. The maximum absolute atomic E-state index is 12.4. The smallest absolute Gasteiger partial charge is 0.369 e. The van der Waals surface area contributed by atoms with Gasteiger partial charge in [-0.05, 0) is 31.0 Å². The van der Waals surface area contributed by atoms with E-state index < -0.39 is 23.6 Å². The number of amidine groups is 1. The van der Waals surface area contributed by atoms with Crippen molar-refractivity contribution in [2.45, 2.75) is 25.5 Å². The van der Waals surface area contributed by atoms with E-state index in [2.05, 4.69) is 20.7 Å². The lowest BCUT2D eigenvalue weighted by Crippen LogP contribution is -2.51. The number of methoxy groups -OCH3 is 2. The van der Waals surface area contributed by atoms with Gasteiger partial charge in [-0.1, -0.05) is 6.07 Å². The number of nitrogens with zero attached hydrogens (tertiary/aromatic N) is 3. The number of aliphatic imine (C=N–C) groups is 1. The third-order valence-corrected chi connectivity index (χ3v) is 5.57. The van der Waals surface area contributed by atoms with Crippen LogP contribution in [0.15, 0.2) is 47.2 Å². The SMILES string of the molecule is COCCNC(=O)Cn1ccc(-c2cccc(N/C(=C/C(N)=NC(=O)C3CC3)C(=N)C(=O)NC(O)(O)O)c2OC)n1. The van der Waals surface area contributed by atoms with Crippen LogP contribution in [0.25, 0.3) is 11.3 Å².